The zero-order chi connectivity index (χ0) is 18.0. The third kappa shape index (κ3) is 3.47. The Kier molecular flexibility index (Phi) is 4.70. The second-order valence-corrected chi connectivity index (χ2v) is 6.17. The van der Waals surface area contributed by atoms with Crippen LogP contribution in [0.15, 0.2) is 36.7 Å². The summed E-state index contributed by atoms with van der Waals surface area (Å²) in [5.41, 5.74) is 5.51. The smallest absolute Gasteiger partial charge is 0.258 e. The van der Waals surface area contributed by atoms with E-state index < -0.39 is 0 Å². The van der Waals surface area contributed by atoms with Gasteiger partial charge in [-0.3, -0.25) is 14.2 Å². The summed E-state index contributed by atoms with van der Waals surface area (Å²) in [4.78, 5) is 12.5. The van der Waals surface area contributed by atoms with Crippen molar-refractivity contribution in [1.29, 1.82) is 0 Å². The van der Waals surface area contributed by atoms with Gasteiger partial charge in [-0.15, -0.1) is 0 Å². The van der Waals surface area contributed by atoms with Gasteiger partial charge in [0.2, 0.25) is 0 Å². The number of carbonyl (C=O) groups is 1. The van der Waals surface area contributed by atoms with Gasteiger partial charge in [0.15, 0.2) is 0 Å². The summed E-state index contributed by atoms with van der Waals surface area (Å²) >= 11 is 0. The van der Waals surface area contributed by atoms with Gasteiger partial charge in [0.1, 0.15) is 0 Å². The minimum atomic E-state index is -0.165. The van der Waals surface area contributed by atoms with Crippen LogP contribution in [0.1, 0.15) is 39.8 Å². The maximum atomic E-state index is 12.5. The normalized spacial score (nSPS) is 10.9. The fraction of sp³-hybridized carbons (Fsp3) is 0.316. The molecule has 1 N–H and O–H groups in total. The summed E-state index contributed by atoms with van der Waals surface area (Å²) in [5, 5.41) is 11.7. The number of carbonyl (C=O) groups excluding carboxylic acids is 1. The number of aromatic nitrogens is 4. The summed E-state index contributed by atoms with van der Waals surface area (Å²) in [6.07, 6.45) is 3.33. The van der Waals surface area contributed by atoms with E-state index in [1.807, 2.05) is 37.6 Å². The second kappa shape index (κ2) is 6.93. The molecule has 0 atom stereocenters. The van der Waals surface area contributed by atoms with Gasteiger partial charge in [0.25, 0.3) is 5.91 Å². The molecule has 25 heavy (non-hydrogen) atoms. The van der Waals surface area contributed by atoms with E-state index in [4.69, 9.17) is 0 Å². The Hall–Kier alpha value is -2.89. The lowest BCUT2D eigenvalue weighted by molar-refractivity contribution is 0.102. The van der Waals surface area contributed by atoms with Crippen molar-refractivity contribution in [1.82, 2.24) is 19.6 Å². The SMILES string of the molecule is CCn1cc(C(=O)Nc2c(C)nn(Cc3ccccc3C)c2C)cn1. The van der Waals surface area contributed by atoms with Crippen LogP contribution in [0.4, 0.5) is 5.69 Å². The van der Waals surface area contributed by atoms with Crippen LogP contribution >= 0.6 is 0 Å². The average molecular weight is 337 g/mol. The molecule has 0 aliphatic rings. The van der Waals surface area contributed by atoms with E-state index in [-0.39, 0.29) is 5.91 Å². The maximum Gasteiger partial charge on any atom is 0.258 e. The first kappa shape index (κ1) is 17.0. The first-order chi connectivity index (χ1) is 12.0. The largest absolute Gasteiger partial charge is 0.319 e. The molecule has 6 nitrogen and oxygen atoms in total. The summed E-state index contributed by atoms with van der Waals surface area (Å²) in [6.45, 7) is 9.38. The highest BCUT2D eigenvalue weighted by Crippen LogP contribution is 2.22. The van der Waals surface area contributed by atoms with Gasteiger partial charge in [-0.05, 0) is 38.8 Å². The lowest BCUT2D eigenvalue weighted by Crippen LogP contribution is -2.13. The molecule has 0 unspecified atom stereocenters. The van der Waals surface area contributed by atoms with Gasteiger partial charge in [0, 0.05) is 12.7 Å². The van der Waals surface area contributed by atoms with E-state index in [1.54, 1.807) is 17.1 Å². The number of hydrogen-bond donors (Lipinski definition) is 1. The summed E-state index contributed by atoms with van der Waals surface area (Å²) in [5.74, 6) is -0.165. The van der Waals surface area contributed by atoms with E-state index in [0.29, 0.717) is 12.1 Å². The highest BCUT2D eigenvalue weighted by molar-refractivity contribution is 6.04. The van der Waals surface area contributed by atoms with Crippen molar-refractivity contribution in [3.63, 3.8) is 0 Å². The van der Waals surface area contributed by atoms with Crippen LogP contribution in [0.2, 0.25) is 0 Å². The van der Waals surface area contributed by atoms with Crippen molar-refractivity contribution in [3.8, 4) is 0 Å². The van der Waals surface area contributed by atoms with Crippen molar-refractivity contribution in [2.45, 2.75) is 40.8 Å². The number of nitrogens with zero attached hydrogens (tertiary/aromatic N) is 4. The molecule has 3 aromatic rings. The zero-order valence-corrected chi connectivity index (χ0v) is 15.1. The molecule has 0 fully saturated rings. The second-order valence-electron chi connectivity index (χ2n) is 6.17. The lowest BCUT2D eigenvalue weighted by atomic mass is 10.1. The molecule has 0 aliphatic heterocycles. The molecule has 6 heteroatoms. The van der Waals surface area contributed by atoms with Gasteiger partial charge in [0.05, 0.1) is 35.4 Å². The highest BCUT2D eigenvalue weighted by atomic mass is 16.1. The average Bonchev–Trinajstić information content (AvgIpc) is 3.18. The van der Waals surface area contributed by atoms with Crippen LogP contribution in [-0.2, 0) is 13.1 Å². The van der Waals surface area contributed by atoms with Crippen molar-refractivity contribution >= 4 is 11.6 Å². The maximum absolute atomic E-state index is 12.5. The molecule has 0 saturated carbocycles. The van der Waals surface area contributed by atoms with Crippen molar-refractivity contribution in [2.24, 2.45) is 0 Å². The van der Waals surface area contributed by atoms with E-state index in [1.165, 1.54) is 11.1 Å². The third-order valence-electron chi connectivity index (χ3n) is 4.42. The number of hydrogen-bond acceptors (Lipinski definition) is 3. The van der Waals surface area contributed by atoms with E-state index in [9.17, 15) is 4.79 Å². The Morgan fingerprint density at radius 1 is 1.20 bits per heavy atom. The zero-order valence-electron chi connectivity index (χ0n) is 15.1. The Morgan fingerprint density at radius 2 is 1.96 bits per heavy atom. The summed E-state index contributed by atoms with van der Waals surface area (Å²) < 4.78 is 3.67. The lowest BCUT2D eigenvalue weighted by Gasteiger charge is -2.08. The monoisotopic (exact) mass is 337 g/mol. The third-order valence-corrected chi connectivity index (χ3v) is 4.42. The van der Waals surface area contributed by atoms with Gasteiger partial charge < -0.3 is 5.32 Å². The minimum absolute atomic E-state index is 0.165. The Morgan fingerprint density at radius 3 is 2.64 bits per heavy atom. The summed E-state index contributed by atoms with van der Waals surface area (Å²) in [7, 11) is 0. The van der Waals surface area contributed by atoms with Gasteiger partial charge in [-0.25, -0.2) is 0 Å². The van der Waals surface area contributed by atoms with Crippen LogP contribution in [0.25, 0.3) is 0 Å². The number of aryl methyl sites for hydroxylation is 3. The fourth-order valence-electron chi connectivity index (χ4n) is 2.82. The number of amides is 1. The van der Waals surface area contributed by atoms with Gasteiger partial charge in [-0.2, -0.15) is 10.2 Å². The molecule has 3 rings (SSSR count). The van der Waals surface area contributed by atoms with Crippen LogP contribution < -0.4 is 5.32 Å². The number of anilines is 1. The molecule has 0 aliphatic carbocycles. The van der Waals surface area contributed by atoms with E-state index >= 15 is 0 Å². The molecule has 2 heterocycles. The minimum Gasteiger partial charge on any atom is -0.319 e. The molecule has 0 bridgehead atoms. The summed E-state index contributed by atoms with van der Waals surface area (Å²) in [6, 6.07) is 8.25. The van der Waals surface area contributed by atoms with Gasteiger partial charge in [-0.1, -0.05) is 24.3 Å². The van der Waals surface area contributed by atoms with Crippen LogP contribution in [0.3, 0.4) is 0 Å². The Balaban J connectivity index is 1.82. The van der Waals surface area contributed by atoms with E-state index in [2.05, 4.69) is 34.6 Å². The molecular weight excluding hydrogens is 314 g/mol. The standard InChI is InChI=1S/C19H23N5O/c1-5-23-11-17(10-20-23)19(25)21-18-14(3)22-24(15(18)4)12-16-9-7-6-8-13(16)2/h6-11H,5,12H2,1-4H3,(H,21,25). The Bertz CT molecular complexity index is 906. The Labute approximate surface area is 147 Å². The first-order valence-corrected chi connectivity index (χ1v) is 8.42. The topological polar surface area (TPSA) is 64.7 Å². The molecule has 130 valence electrons. The number of nitrogens with one attached hydrogen (secondary N) is 1. The fourth-order valence-corrected chi connectivity index (χ4v) is 2.82. The molecule has 1 amide bonds. The predicted octanol–water partition coefficient (Wildman–Crippen LogP) is 3.33. The highest BCUT2D eigenvalue weighted by Gasteiger charge is 2.16. The molecule has 1 aromatic carbocycles. The van der Waals surface area contributed by atoms with Crippen molar-refractivity contribution < 1.29 is 4.79 Å². The number of benzene rings is 1. The first-order valence-electron chi connectivity index (χ1n) is 8.42. The molecular formula is C19H23N5O. The van der Waals surface area contributed by atoms with Crippen LogP contribution in [0, 0.1) is 20.8 Å². The van der Waals surface area contributed by atoms with Crippen LogP contribution in [0.5, 0.6) is 0 Å². The van der Waals surface area contributed by atoms with Gasteiger partial charge >= 0.3 is 0 Å². The molecule has 2 aromatic heterocycles. The predicted molar refractivity (Wildman–Crippen MR) is 97.8 cm³/mol. The molecule has 0 spiro atoms. The van der Waals surface area contributed by atoms with Crippen LogP contribution in [-0.4, -0.2) is 25.5 Å². The quantitative estimate of drug-likeness (QED) is 0.777. The van der Waals surface area contributed by atoms with E-state index in [0.717, 1.165) is 23.6 Å². The molecule has 0 saturated heterocycles. The number of rotatable bonds is 5. The van der Waals surface area contributed by atoms with Crippen molar-refractivity contribution in [3.05, 3.63) is 64.7 Å². The van der Waals surface area contributed by atoms with Crippen molar-refractivity contribution in [2.75, 3.05) is 5.32 Å². The molecule has 0 radical (unpaired) electrons.